The van der Waals surface area contributed by atoms with E-state index in [9.17, 15) is 4.79 Å². The number of aryl methyl sites for hydroxylation is 2. The second-order valence-corrected chi connectivity index (χ2v) is 6.93. The molecule has 0 spiro atoms. The number of aromatic nitrogens is 2. The quantitative estimate of drug-likeness (QED) is 0.608. The van der Waals surface area contributed by atoms with Crippen LogP contribution in [0.25, 0.3) is 0 Å². The number of anilines is 2. The van der Waals surface area contributed by atoms with Gasteiger partial charge in [-0.2, -0.15) is 0 Å². The van der Waals surface area contributed by atoms with Gasteiger partial charge in [-0.25, -0.2) is 9.97 Å². The first-order valence-electron chi connectivity index (χ1n) is 9.28. The number of rotatable bonds is 7. The van der Waals surface area contributed by atoms with Crippen LogP contribution in [0.5, 0.6) is 0 Å². The van der Waals surface area contributed by atoms with E-state index in [1.807, 2.05) is 49.4 Å². The summed E-state index contributed by atoms with van der Waals surface area (Å²) in [5.41, 5.74) is 4.26. The highest BCUT2D eigenvalue weighted by Crippen LogP contribution is 2.19. The molecule has 0 aliphatic carbocycles. The Morgan fingerprint density at radius 3 is 2.68 bits per heavy atom. The minimum atomic E-state index is -0.223. The summed E-state index contributed by atoms with van der Waals surface area (Å²) in [6, 6.07) is 17.3. The fraction of sp³-hybridized carbons (Fsp3) is 0.227. The third-order valence-corrected chi connectivity index (χ3v) is 4.55. The molecular formula is C22H23ClN4O. The number of hydrogen-bond donors (Lipinski definition) is 2. The van der Waals surface area contributed by atoms with Crippen molar-refractivity contribution in [1.29, 1.82) is 0 Å². The van der Waals surface area contributed by atoms with Gasteiger partial charge in [-0.15, -0.1) is 0 Å². The van der Waals surface area contributed by atoms with Crippen LogP contribution in [0.3, 0.4) is 0 Å². The van der Waals surface area contributed by atoms with Gasteiger partial charge < -0.3 is 10.6 Å². The van der Waals surface area contributed by atoms with Crippen molar-refractivity contribution in [1.82, 2.24) is 15.3 Å². The van der Waals surface area contributed by atoms with Crippen LogP contribution in [-0.2, 0) is 12.8 Å². The zero-order chi connectivity index (χ0) is 19.9. The molecule has 0 fully saturated rings. The molecule has 0 radical (unpaired) electrons. The van der Waals surface area contributed by atoms with Crippen molar-refractivity contribution in [2.45, 2.75) is 26.7 Å². The highest BCUT2D eigenvalue weighted by Gasteiger charge is 2.11. The highest BCUT2D eigenvalue weighted by atomic mass is 35.5. The summed E-state index contributed by atoms with van der Waals surface area (Å²) in [6.07, 6.45) is 1.59. The van der Waals surface area contributed by atoms with Gasteiger partial charge in [-0.05, 0) is 55.2 Å². The van der Waals surface area contributed by atoms with Crippen molar-refractivity contribution in [3.63, 3.8) is 0 Å². The van der Waals surface area contributed by atoms with Gasteiger partial charge in [0.05, 0.1) is 0 Å². The molecule has 6 heteroatoms. The third-order valence-electron chi connectivity index (χ3n) is 4.32. The van der Waals surface area contributed by atoms with Crippen molar-refractivity contribution in [2.24, 2.45) is 0 Å². The van der Waals surface area contributed by atoms with Crippen molar-refractivity contribution >= 4 is 29.1 Å². The van der Waals surface area contributed by atoms with E-state index in [0.29, 0.717) is 29.6 Å². The molecule has 5 nitrogen and oxygen atoms in total. The van der Waals surface area contributed by atoms with Crippen LogP contribution in [0.2, 0.25) is 5.02 Å². The molecule has 0 saturated carbocycles. The van der Waals surface area contributed by atoms with Crippen molar-refractivity contribution in [3.8, 4) is 0 Å². The van der Waals surface area contributed by atoms with Crippen LogP contribution in [0, 0.1) is 6.92 Å². The van der Waals surface area contributed by atoms with Crippen LogP contribution in [0.1, 0.15) is 34.2 Å². The van der Waals surface area contributed by atoms with E-state index in [1.54, 1.807) is 6.07 Å². The minimum Gasteiger partial charge on any atom is -0.350 e. The average molecular weight is 395 g/mol. The second-order valence-electron chi connectivity index (χ2n) is 6.49. The van der Waals surface area contributed by atoms with Gasteiger partial charge in [0.2, 0.25) is 5.95 Å². The first kappa shape index (κ1) is 19.8. The zero-order valence-electron chi connectivity index (χ0n) is 16.0. The number of nitrogens with one attached hydrogen (secondary N) is 2. The van der Waals surface area contributed by atoms with Crippen LogP contribution in [0.15, 0.2) is 54.6 Å². The summed E-state index contributed by atoms with van der Waals surface area (Å²) in [6.45, 7) is 4.45. The lowest BCUT2D eigenvalue weighted by Gasteiger charge is -2.11. The number of carbonyl (C=O) groups is 1. The average Bonchev–Trinajstić information content (AvgIpc) is 2.68. The number of halogens is 1. The molecule has 0 unspecified atom stereocenters. The van der Waals surface area contributed by atoms with Gasteiger partial charge in [0, 0.05) is 22.9 Å². The summed E-state index contributed by atoms with van der Waals surface area (Å²) >= 11 is 5.99. The Morgan fingerprint density at radius 2 is 1.89 bits per heavy atom. The van der Waals surface area contributed by atoms with Gasteiger partial charge in [0.15, 0.2) is 0 Å². The smallest absolute Gasteiger partial charge is 0.270 e. The van der Waals surface area contributed by atoms with E-state index in [0.717, 1.165) is 23.4 Å². The molecule has 1 amide bonds. The number of para-hydroxylation sites is 1. The lowest BCUT2D eigenvalue weighted by molar-refractivity contribution is 0.0949. The largest absolute Gasteiger partial charge is 0.350 e. The molecule has 0 bridgehead atoms. The second kappa shape index (κ2) is 9.33. The third kappa shape index (κ3) is 5.30. The maximum absolute atomic E-state index is 12.5. The van der Waals surface area contributed by atoms with Crippen LogP contribution in [0.4, 0.5) is 11.6 Å². The van der Waals surface area contributed by atoms with E-state index in [4.69, 9.17) is 11.6 Å². The van der Waals surface area contributed by atoms with Crippen molar-refractivity contribution in [2.75, 3.05) is 11.9 Å². The molecule has 1 aromatic heterocycles. The van der Waals surface area contributed by atoms with E-state index in [-0.39, 0.29) is 5.91 Å². The van der Waals surface area contributed by atoms with E-state index in [1.165, 1.54) is 5.56 Å². The van der Waals surface area contributed by atoms with E-state index >= 15 is 0 Å². The number of benzene rings is 2. The maximum atomic E-state index is 12.5. The summed E-state index contributed by atoms with van der Waals surface area (Å²) in [5.74, 6) is 0.195. The molecule has 2 N–H and O–H groups in total. The molecule has 0 aliphatic heterocycles. The first-order valence-corrected chi connectivity index (χ1v) is 9.66. The predicted molar refractivity (Wildman–Crippen MR) is 113 cm³/mol. The molecule has 1 heterocycles. The zero-order valence-corrected chi connectivity index (χ0v) is 16.8. The minimum absolute atomic E-state index is 0.223. The molecule has 0 atom stereocenters. The van der Waals surface area contributed by atoms with Gasteiger partial charge >= 0.3 is 0 Å². The van der Waals surface area contributed by atoms with Gasteiger partial charge in [-0.1, -0.05) is 48.9 Å². The number of hydrogen-bond acceptors (Lipinski definition) is 4. The van der Waals surface area contributed by atoms with Gasteiger partial charge in [0.25, 0.3) is 5.91 Å². The standard InChI is InChI=1S/C22H23ClN4O/c1-3-17-8-4-5-10-19(17)26-22-25-15(2)13-20(27-22)21(28)24-12-11-16-7-6-9-18(23)14-16/h4-10,13-14H,3,11-12H2,1-2H3,(H,24,28)(H,25,26,27). The lowest BCUT2D eigenvalue weighted by Crippen LogP contribution is -2.27. The van der Waals surface area contributed by atoms with Crippen molar-refractivity contribution < 1.29 is 4.79 Å². The number of nitrogens with zero attached hydrogens (tertiary/aromatic N) is 2. The van der Waals surface area contributed by atoms with E-state index < -0.39 is 0 Å². The Bertz CT molecular complexity index is 974. The predicted octanol–water partition coefficient (Wildman–Crippen LogP) is 4.72. The molecule has 28 heavy (non-hydrogen) atoms. The van der Waals surface area contributed by atoms with Crippen molar-refractivity contribution in [3.05, 3.63) is 82.1 Å². The lowest BCUT2D eigenvalue weighted by atomic mass is 10.1. The summed E-state index contributed by atoms with van der Waals surface area (Å²) in [7, 11) is 0. The number of amides is 1. The SMILES string of the molecule is CCc1ccccc1Nc1nc(C)cc(C(=O)NCCc2cccc(Cl)c2)n1. The Balaban J connectivity index is 1.67. The topological polar surface area (TPSA) is 66.9 Å². The highest BCUT2D eigenvalue weighted by molar-refractivity contribution is 6.30. The van der Waals surface area contributed by atoms with Crippen LogP contribution >= 0.6 is 11.6 Å². The molecule has 144 valence electrons. The monoisotopic (exact) mass is 394 g/mol. The van der Waals surface area contributed by atoms with Crippen LogP contribution < -0.4 is 10.6 Å². The Kier molecular flexibility index (Phi) is 6.61. The Morgan fingerprint density at radius 1 is 1.07 bits per heavy atom. The molecule has 0 saturated heterocycles. The fourth-order valence-electron chi connectivity index (χ4n) is 2.92. The molecule has 2 aromatic carbocycles. The van der Waals surface area contributed by atoms with Gasteiger partial charge in [-0.3, -0.25) is 4.79 Å². The molecule has 3 rings (SSSR count). The Hall–Kier alpha value is -2.92. The molecule has 3 aromatic rings. The summed E-state index contributed by atoms with van der Waals surface area (Å²) in [5, 5.41) is 6.83. The van der Waals surface area contributed by atoms with E-state index in [2.05, 4.69) is 33.6 Å². The normalized spacial score (nSPS) is 10.5. The fourth-order valence-corrected chi connectivity index (χ4v) is 3.13. The van der Waals surface area contributed by atoms with Crippen LogP contribution in [-0.4, -0.2) is 22.4 Å². The van der Waals surface area contributed by atoms with Gasteiger partial charge in [0.1, 0.15) is 5.69 Å². The molecule has 0 aliphatic rings. The maximum Gasteiger partial charge on any atom is 0.270 e. The molecular weight excluding hydrogens is 372 g/mol. The summed E-state index contributed by atoms with van der Waals surface area (Å²) < 4.78 is 0. The summed E-state index contributed by atoms with van der Waals surface area (Å²) in [4.78, 5) is 21.3. The first-order chi connectivity index (χ1) is 13.5. The number of carbonyl (C=O) groups excluding carboxylic acids is 1. The Labute approximate surface area is 170 Å².